The maximum absolute atomic E-state index is 12.6. The zero-order valence-electron chi connectivity index (χ0n) is 15.8. The molecular weight excluding hydrogens is 390 g/mol. The van der Waals surface area contributed by atoms with Gasteiger partial charge in [0.1, 0.15) is 4.88 Å². The molecule has 0 saturated heterocycles. The van der Waals surface area contributed by atoms with Crippen LogP contribution < -0.4 is 21.3 Å². The molecule has 8 nitrogen and oxygen atoms in total. The average Bonchev–Trinajstić information content (AvgIpc) is 3.02. The number of anilines is 4. The number of rotatable bonds is 5. The third-order valence-corrected chi connectivity index (χ3v) is 4.77. The van der Waals surface area contributed by atoms with Crippen molar-refractivity contribution in [2.24, 2.45) is 0 Å². The summed E-state index contributed by atoms with van der Waals surface area (Å²) < 4.78 is 0. The summed E-state index contributed by atoms with van der Waals surface area (Å²) in [4.78, 5) is 40.5. The van der Waals surface area contributed by atoms with Gasteiger partial charge in [-0.3, -0.25) is 14.9 Å². The summed E-state index contributed by atoms with van der Waals surface area (Å²) in [7, 11) is 0. The minimum Gasteiger partial charge on any atom is -0.326 e. The van der Waals surface area contributed by atoms with E-state index in [0.717, 1.165) is 11.3 Å². The predicted octanol–water partition coefficient (Wildman–Crippen LogP) is 4.31. The first kappa shape index (κ1) is 20.0. The Morgan fingerprint density at radius 3 is 2.17 bits per heavy atom. The summed E-state index contributed by atoms with van der Waals surface area (Å²) in [6.07, 6.45) is 0. The van der Waals surface area contributed by atoms with Crippen LogP contribution in [-0.2, 0) is 4.79 Å². The van der Waals surface area contributed by atoms with Gasteiger partial charge >= 0.3 is 6.03 Å². The third kappa shape index (κ3) is 5.63. The Balaban J connectivity index is 1.65. The van der Waals surface area contributed by atoms with Crippen LogP contribution in [0.15, 0.2) is 54.6 Å². The molecule has 148 valence electrons. The van der Waals surface area contributed by atoms with Crippen LogP contribution in [0.3, 0.4) is 0 Å². The normalized spacial score (nSPS) is 10.1. The molecule has 0 aliphatic rings. The van der Waals surface area contributed by atoms with Crippen LogP contribution in [0.4, 0.5) is 27.0 Å². The summed E-state index contributed by atoms with van der Waals surface area (Å²) in [5.41, 5.74) is 2.26. The summed E-state index contributed by atoms with van der Waals surface area (Å²) >= 11 is 1.08. The highest BCUT2D eigenvalue weighted by atomic mass is 32.1. The fourth-order valence-corrected chi connectivity index (χ4v) is 3.36. The van der Waals surface area contributed by atoms with E-state index in [0.29, 0.717) is 32.8 Å². The Labute approximate surface area is 171 Å². The molecule has 1 heterocycles. The zero-order valence-corrected chi connectivity index (χ0v) is 16.6. The van der Waals surface area contributed by atoms with E-state index in [9.17, 15) is 14.4 Å². The van der Waals surface area contributed by atoms with Crippen molar-refractivity contribution in [3.8, 4) is 0 Å². The summed E-state index contributed by atoms with van der Waals surface area (Å²) in [6.45, 7) is 3.10. The second-order valence-corrected chi connectivity index (χ2v) is 7.09. The fraction of sp³-hybridized carbons (Fsp3) is 0.100. The monoisotopic (exact) mass is 409 g/mol. The van der Waals surface area contributed by atoms with E-state index in [1.54, 1.807) is 43.3 Å². The number of hydrogen-bond acceptors (Lipinski definition) is 5. The zero-order chi connectivity index (χ0) is 20.8. The lowest BCUT2D eigenvalue weighted by Crippen LogP contribution is -2.19. The van der Waals surface area contributed by atoms with Crippen molar-refractivity contribution in [2.75, 3.05) is 21.3 Å². The van der Waals surface area contributed by atoms with Crippen molar-refractivity contribution < 1.29 is 14.4 Å². The van der Waals surface area contributed by atoms with Crippen LogP contribution in [0.25, 0.3) is 0 Å². The van der Waals surface area contributed by atoms with Gasteiger partial charge in [0, 0.05) is 24.0 Å². The SMILES string of the molecule is CC(=O)Nc1cccc(NC(=O)c2sc(NC(=O)Nc3ccccc3)nc2C)c1. The van der Waals surface area contributed by atoms with Gasteiger partial charge in [0.2, 0.25) is 5.91 Å². The van der Waals surface area contributed by atoms with Crippen molar-refractivity contribution >= 4 is 51.4 Å². The van der Waals surface area contributed by atoms with Gasteiger partial charge in [-0.2, -0.15) is 0 Å². The highest BCUT2D eigenvalue weighted by Gasteiger charge is 2.17. The number of aromatic nitrogens is 1. The number of amides is 4. The molecule has 1 aromatic heterocycles. The van der Waals surface area contributed by atoms with Gasteiger partial charge < -0.3 is 16.0 Å². The van der Waals surface area contributed by atoms with Crippen molar-refractivity contribution in [2.45, 2.75) is 13.8 Å². The maximum Gasteiger partial charge on any atom is 0.325 e. The molecule has 9 heteroatoms. The molecule has 4 N–H and O–H groups in total. The quantitative estimate of drug-likeness (QED) is 0.503. The molecule has 29 heavy (non-hydrogen) atoms. The predicted molar refractivity (Wildman–Crippen MR) is 115 cm³/mol. The number of carbonyl (C=O) groups excluding carboxylic acids is 3. The molecule has 3 aromatic rings. The van der Waals surface area contributed by atoms with Gasteiger partial charge in [-0.05, 0) is 37.3 Å². The number of nitrogens with one attached hydrogen (secondary N) is 4. The first-order chi connectivity index (χ1) is 13.9. The molecule has 0 aliphatic carbocycles. The minimum atomic E-state index is -0.445. The van der Waals surface area contributed by atoms with Crippen LogP contribution in [0.2, 0.25) is 0 Å². The Morgan fingerprint density at radius 1 is 0.828 bits per heavy atom. The van der Waals surface area contributed by atoms with Crippen LogP contribution in [0.1, 0.15) is 22.3 Å². The van der Waals surface area contributed by atoms with Crippen LogP contribution in [0.5, 0.6) is 0 Å². The highest BCUT2D eigenvalue weighted by Crippen LogP contribution is 2.24. The Bertz CT molecular complexity index is 1050. The molecule has 4 amide bonds. The first-order valence-electron chi connectivity index (χ1n) is 8.70. The third-order valence-electron chi connectivity index (χ3n) is 3.70. The standard InChI is InChI=1S/C20H19N5O3S/c1-12-17(18(27)23-16-10-6-9-15(11-16)22-13(2)26)29-20(21-12)25-19(28)24-14-7-4-3-5-8-14/h3-11H,1-2H3,(H,22,26)(H,23,27)(H2,21,24,25,28). The van der Waals surface area contributed by atoms with E-state index >= 15 is 0 Å². The van der Waals surface area contributed by atoms with Crippen molar-refractivity contribution in [3.05, 3.63) is 65.2 Å². The highest BCUT2D eigenvalue weighted by molar-refractivity contribution is 7.17. The Morgan fingerprint density at radius 2 is 1.48 bits per heavy atom. The minimum absolute atomic E-state index is 0.198. The molecule has 0 bridgehead atoms. The number of para-hydroxylation sites is 1. The molecule has 0 atom stereocenters. The topological polar surface area (TPSA) is 112 Å². The lowest BCUT2D eigenvalue weighted by atomic mass is 10.2. The molecule has 3 rings (SSSR count). The average molecular weight is 409 g/mol. The van der Waals surface area contributed by atoms with Gasteiger partial charge in [0.15, 0.2) is 5.13 Å². The van der Waals surface area contributed by atoms with Gasteiger partial charge in [0.05, 0.1) is 5.69 Å². The van der Waals surface area contributed by atoms with Gasteiger partial charge in [-0.15, -0.1) is 0 Å². The van der Waals surface area contributed by atoms with Crippen molar-refractivity contribution in [1.29, 1.82) is 0 Å². The second-order valence-electron chi connectivity index (χ2n) is 6.09. The lowest BCUT2D eigenvalue weighted by molar-refractivity contribution is -0.114. The van der Waals surface area contributed by atoms with E-state index in [1.165, 1.54) is 6.92 Å². The van der Waals surface area contributed by atoms with E-state index in [2.05, 4.69) is 26.3 Å². The van der Waals surface area contributed by atoms with Gasteiger partial charge in [0.25, 0.3) is 5.91 Å². The van der Waals surface area contributed by atoms with E-state index in [4.69, 9.17) is 0 Å². The number of nitrogens with zero attached hydrogens (tertiary/aromatic N) is 1. The molecule has 0 unspecified atom stereocenters. The van der Waals surface area contributed by atoms with Crippen molar-refractivity contribution in [3.63, 3.8) is 0 Å². The fourth-order valence-electron chi connectivity index (χ4n) is 2.51. The molecule has 0 radical (unpaired) electrons. The molecule has 2 aromatic carbocycles. The van der Waals surface area contributed by atoms with Crippen LogP contribution in [-0.4, -0.2) is 22.8 Å². The lowest BCUT2D eigenvalue weighted by Gasteiger charge is -2.07. The number of urea groups is 1. The largest absolute Gasteiger partial charge is 0.326 e. The maximum atomic E-state index is 12.6. The molecule has 0 saturated carbocycles. The summed E-state index contributed by atoms with van der Waals surface area (Å²) in [5.74, 6) is -0.548. The van der Waals surface area contributed by atoms with Gasteiger partial charge in [-0.25, -0.2) is 9.78 Å². The Kier molecular flexibility index (Phi) is 6.20. The number of aryl methyl sites for hydroxylation is 1. The van der Waals surface area contributed by atoms with E-state index in [1.807, 2.05) is 18.2 Å². The molecular formula is C20H19N5O3S. The summed E-state index contributed by atoms with van der Waals surface area (Å²) in [5, 5.41) is 11.1. The Hall–Kier alpha value is -3.72. The second kappa shape index (κ2) is 8.98. The molecule has 0 spiro atoms. The van der Waals surface area contributed by atoms with Crippen LogP contribution in [0, 0.1) is 6.92 Å². The van der Waals surface area contributed by atoms with Gasteiger partial charge in [-0.1, -0.05) is 35.6 Å². The number of thiazole rings is 1. The molecule has 0 fully saturated rings. The number of benzene rings is 2. The number of carbonyl (C=O) groups is 3. The van der Waals surface area contributed by atoms with E-state index < -0.39 is 6.03 Å². The smallest absolute Gasteiger partial charge is 0.325 e. The summed E-state index contributed by atoms with van der Waals surface area (Å²) in [6, 6.07) is 15.4. The molecule has 0 aliphatic heterocycles. The van der Waals surface area contributed by atoms with Crippen LogP contribution >= 0.6 is 11.3 Å². The van der Waals surface area contributed by atoms with E-state index in [-0.39, 0.29) is 11.8 Å². The first-order valence-corrected chi connectivity index (χ1v) is 9.52. The number of hydrogen-bond donors (Lipinski definition) is 4. The van der Waals surface area contributed by atoms with Crippen molar-refractivity contribution in [1.82, 2.24) is 4.98 Å².